The Morgan fingerprint density at radius 1 is 1.00 bits per heavy atom. The normalized spacial score (nSPS) is 16.0. The van der Waals surface area contributed by atoms with E-state index in [1.165, 1.54) is 0 Å². The van der Waals surface area contributed by atoms with Crippen molar-refractivity contribution in [2.45, 2.75) is 29.0 Å². The maximum absolute atomic E-state index is 12.9. The summed E-state index contributed by atoms with van der Waals surface area (Å²) in [5, 5.41) is 6.36. The summed E-state index contributed by atoms with van der Waals surface area (Å²) in [6.45, 7) is 1.96. The lowest BCUT2D eigenvalue weighted by Gasteiger charge is -2.26. The number of hydrogen-bond donors (Lipinski definition) is 2. The van der Waals surface area contributed by atoms with Gasteiger partial charge >= 0.3 is 0 Å². The maximum atomic E-state index is 12.9. The number of piperidine rings is 1. The van der Waals surface area contributed by atoms with Gasteiger partial charge in [0.2, 0.25) is 5.91 Å². The number of amides is 1. The van der Waals surface area contributed by atoms with Gasteiger partial charge in [-0.3, -0.25) is 4.79 Å². The van der Waals surface area contributed by atoms with Crippen molar-refractivity contribution in [1.29, 1.82) is 0 Å². The molecule has 5 heteroatoms. The van der Waals surface area contributed by atoms with Gasteiger partial charge in [-0.25, -0.2) is 0 Å². The van der Waals surface area contributed by atoms with Crippen molar-refractivity contribution in [2.24, 2.45) is 0 Å². The lowest BCUT2D eigenvalue weighted by Crippen LogP contribution is -2.44. The van der Waals surface area contributed by atoms with Crippen LogP contribution in [0.4, 0.5) is 0 Å². The van der Waals surface area contributed by atoms with Crippen LogP contribution in [0.3, 0.4) is 0 Å². The number of hydrogen-bond acceptors (Lipinski definition) is 3. The first-order valence-corrected chi connectivity index (χ1v) is 8.98. The molecule has 128 valence electrons. The first-order chi connectivity index (χ1) is 11.3. The highest BCUT2D eigenvalue weighted by Crippen LogP contribution is 2.35. The van der Waals surface area contributed by atoms with E-state index in [9.17, 15) is 4.79 Å². The minimum Gasteiger partial charge on any atom is -0.352 e. The molecule has 1 heterocycles. The van der Waals surface area contributed by atoms with Crippen LogP contribution in [0.1, 0.15) is 23.7 Å². The highest BCUT2D eigenvalue weighted by atomic mass is 35.5. The SMILES string of the molecule is Cl.O=C(NC1CCNCC1)C(Sc1ccccc1)c1ccccc1. The zero-order valence-electron chi connectivity index (χ0n) is 13.5. The van der Waals surface area contributed by atoms with Crippen molar-refractivity contribution in [3.05, 3.63) is 66.2 Å². The van der Waals surface area contributed by atoms with Gasteiger partial charge in [-0.15, -0.1) is 24.2 Å². The van der Waals surface area contributed by atoms with Gasteiger partial charge in [0.05, 0.1) is 0 Å². The molecule has 2 N–H and O–H groups in total. The molecule has 1 fully saturated rings. The summed E-state index contributed by atoms with van der Waals surface area (Å²) in [4.78, 5) is 14.0. The van der Waals surface area contributed by atoms with E-state index in [0.717, 1.165) is 36.4 Å². The van der Waals surface area contributed by atoms with Gasteiger partial charge in [0.1, 0.15) is 5.25 Å². The molecule has 0 saturated carbocycles. The fourth-order valence-electron chi connectivity index (χ4n) is 2.78. The molecule has 24 heavy (non-hydrogen) atoms. The van der Waals surface area contributed by atoms with Crippen LogP contribution in [-0.4, -0.2) is 25.0 Å². The number of rotatable bonds is 5. The summed E-state index contributed by atoms with van der Waals surface area (Å²) >= 11 is 1.61. The van der Waals surface area contributed by atoms with Crippen molar-refractivity contribution < 1.29 is 4.79 Å². The fourth-order valence-corrected chi connectivity index (χ4v) is 3.83. The molecule has 2 aromatic rings. The highest BCUT2D eigenvalue weighted by Gasteiger charge is 2.25. The predicted octanol–water partition coefficient (Wildman–Crippen LogP) is 3.81. The van der Waals surface area contributed by atoms with E-state index >= 15 is 0 Å². The van der Waals surface area contributed by atoms with E-state index in [-0.39, 0.29) is 29.6 Å². The minimum absolute atomic E-state index is 0. The van der Waals surface area contributed by atoms with Crippen LogP contribution >= 0.6 is 24.2 Å². The average Bonchev–Trinajstić information content (AvgIpc) is 2.62. The second-order valence-corrected chi connectivity index (χ2v) is 6.93. The van der Waals surface area contributed by atoms with Crippen LogP contribution in [0.15, 0.2) is 65.6 Å². The molecule has 1 amide bonds. The van der Waals surface area contributed by atoms with Crippen LogP contribution < -0.4 is 10.6 Å². The van der Waals surface area contributed by atoms with Crippen LogP contribution in [0, 0.1) is 0 Å². The quantitative estimate of drug-likeness (QED) is 0.795. The van der Waals surface area contributed by atoms with Crippen molar-refractivity contribution >= 4 is 30.1 Å². The van der Waals surface area contributed by atoms with Crippen molar-refractivity contribution in [3.8, 4) is 0 Å². The zero-order chi connectivity index (χ0) is 15.9. The molecular weight excluding hydrogens is 340 g/mol. The largest absolute Gasteiger partial charge is 0.352 e. The Morgan fingerprint density at radius 2 is 1.58 bits per heavy atom. The Hall–Kier alpha value is -1.49. The molecule has 1 saturated heterocycles. The molecular formula is C19H23ClN2OS. The summed E-state index contributed by atoms with van der Waals surface area (Å²) in [6, 6.07) is 20.4. The summed E-state index contributed by atoms with van der Waals surface area (Å²) in [6.07, 6.45) is 2.01. The lowest BCUT2D eigenvalue weighted by atomic mass is 10.1. The summed E-state index contributed by atoms with van der Waals surface area (Å²) in [5.74, 6) is 0.108. The van der Waals surface area contributed by atoms with Gasteiger partial charge in [0.15, 0.2) is 0 Å². The topological polar surface area (TPSA) is 41.1 Å². The molecule has 1 aliphatic rings. The summed E-state index contributed by atoms with van der Waals surface area (Å²) < 4.78 is 0. The number of carbonyl (C=O) groups is 1. The number of carbonyl (C=O) groups excluding carboxylic acids is 1. The standard InChI is InChI=1S/C19H22N2OS.ClH/c22-19(21-16-11-13-20-14-12-16)18(15-7-3-1-4-8-15)23-17-9-5-2-6-10-17;/h1-10,16,18,20H,11-14H2,(H,21,22);1H. The van der Waals surface area contributed by atoms with Crippen LogP contribution in [0.5, 0.6) is 0 Å². The molecule has 0 spiro atoms. The van der Waals surface area contributed by atoms with Gasteiger partial charge in [-0.2, -0.15) is 0 Å². The third-order valence-electron chi connectivity index (χ3n) is 4.02. The number of halogens is 1. The van der Waals surface area contributed by atoms with Gasteiger partial charge in [-0.05, 0) is 43.6 Å². The van der Waals surface area contributed by atoms with E-state index in [1.54, 1.807) is 11.8 Å². The van der Waals surface area contributed by atoms with Crippen LogP contribution in [0.2, 0.25) is 0 Å². The molecule has 3 nitrogen and oxygen atoms in total. The highest BCUT2D eigenvalue weighted by molar-refractivity contribution is 8.00. The molecule has 1 unspecified atom stereocenters. The van der Waals surface area contributed by atoms with Gasteiger partial charge in [0.25, 0.3) is 0 Å². The van der Waals surface area contributed by atoms with E-state index in [1.807, 2.05) is 48.5 Å². The third kappa shape index (κ3) is 5.26. The van der Waals surface area contributed by atoms with Gasteiger partial charge in [0, 0.05) is 10.9 Å². The second kappa shape index (κ2) is 9.72. The van der Waals surface area contributed by atoms with E-state index in [4.69, 9.17) is 0 Å². The van der Waals surface area contributed by atoms with Crippen molar-refractivity contribution in [3.63, 3.8) is 0 Å². The molecule has 0 bridgehead atoms. The number of thioether (sulfide) groups is 1. The summed E-state index contributed by atoms with van der Waals surface area (Å²) in [5.41, 5.74) is 1.05. The van der Waals surface area contributed by atoms with Crippen LogP contribution in [0.25, 0.3) is 0 Å². The van der Waals surface area contributed by atoms with Gasteiger partial charge in [-0.1, -0.05) is 48.5 Å². The van der Waals surface area contributed by atoms with Gasteiger partial charge < -0.3 is 10.6 Å². The Balaban J connectivity index is 0.00000208. The van der Waals surface area contributed by atoms with Crippen molar-refractivity contribution in [2.75, 3.05) is 13.1 Å². The fraction of sp³-hybridized carbons (Fsp3) is 0.316. The number of benzene rings is 2. The first kappa shape index (κ1) is 18.8. The summed E-state index contributed by atoms with van der Waals surface area (Å²) in [7, 11) is 0. The monoisotopic (exact) mass is 362 g/mol. The van der Waals surface area contributed by atoms with E-state index in [0.29, 0.717) is 0 Å². The van der Waals surface area contributed by atoms with E-state index < -0.39 is 0 Å². The van der Waals surface area contributed by atoms with E-state index in [2.05, 4.69) is 22.8 Å². The molecule has 1 atom stereocenters. The molecule has 3 rings (SSSR count). The Kier molecular flexibility index (Phi) is 7.63. The Morgan fingerprint density at radius 3 is 2.21 bits per heavy atom. The second-order valence-electron chi connectivity index (χ2n) is 5.75. The zero-order valence-corrected chi connectivity index (χ0v) is 15.1. The molecule has 0 aliphatic carbocycles. The predicted molar refractivity (Wildman–Crippen MR) is 103 cm³/mol. The smallest absolute Gasteiger partial charge is 0.238 e. The number of nitrogens with one attached hydrogen (secondary N) is 2. The van der Waals surface area contributed by atoms with Crippen molar-refractivity contribution in [1.82, 2.24) is 10.6 Å². The minimum atomic E-state index is -0.214. The Labute approximate surface area is 154 Å². The lowest BCUT2D eigenvalue weighted by molar-refractivity contribution is -0.121. The molecule has 0 radical (unpaired) electrons. The average molecular weight is 363 g/mol. The first-order valence-electron chi connectivity index (χ1n) is 8.10. The third-order valence-corrected chi connectivity index (χ3v) is 5.29. The van der Waals surface area contributed by atoms with Crippen LogP contribution in [-0.2, 0) is 4.79 Å². The Bertz CT molecular complexity index is 618. The maximum Gasteiger partial charge on any atom is 0.238 e. The molecule has 1 aliphatic heterocycles. The molecule has 2 aromatic carbocycles. The molecule has 0 aromatic heterocycles.